The molecule has 0 nitrogen and oxygen atoms in total. The Kier molecular flexibility index (Phi) is 4.73. The van der Waals surface area contributed by atoms with Gasteiger partial charge in [-0.25, -0.2) is 0 Å². The van der Waals surface area contributed by atoms with E-state index in [0.717, 1.165) is 5.75 Å². The molecule has 0 N–H and O–H groups in total. The van der Waals surface area contributed by atoms with Crippen LogP contribution in [0, 0.1) is 5.92 Å². The molecule has 7 heavy (non-hydrogen) atoms. The first-order valence-corrected chi connectivity index (χ1v) is 3.22. The van der Waals surface area contributed by atoms with Gasteiger partial charge in [0.05, 0.1) is 0 Å². The molecule has 0 amide bonds. The maximum absolute atomic E-state index is 4.76. The normalized spacial score (nSPS) is 10.3. The molecule has 0 aliphatic carbocycles. The highest BCUT2D eigenvalue weighted by Crippen LogP contribution is 2.05. The lowest BCUT2D eigenvalue weighted by Crippen LogP contribution is -1.83. The Labute approximate surface area is 51.7 Å². The fourth-order valence-electron chi connectivity index (χ4n) is 0.426. The molecule has 0 aromatic rings. The zero-order valence-corrected chi connectivity index (χ0v) is 5.85. The van der Waals surface area contributed by atoms with Crippen LogP contribution in [-0.2, 0) is 0 Å². The van der Waals surface area contributed by atoms with Crippen LogP contribution in [0.4, 0.5) is 0 Å². The molecular weight excluding hydrogens is 104 g/mol. The van der Waals surface area contributed by atoms with Gasteiger partial charge in [0.25, 0.3) is 0 Å². The Morgan fingerprint density at radius 3 is 2.14 bits per heavy atom. The van der Waals surface area contributed by atoms with Crippen molar-refractivity contribution in [2.24, 2.45) is 0 Å². The lowest BCUT2D eigenvalue weighted by atomic mass is 10.1. The summed E-state index contributed by atoms with van der Waals surface area (Å²) in [6.07, 6.45) is 2.39. The quantitative estimate of drug-likeness (QED) is 0.531. The third-order valence-corrected chi connectivity index (χ3v) is 1.11. The van der Waals surface area contributed by atoms with Gasteiger partial charge in [-0.15, -0.1) is 0 Å². The van der Waals surface area contributed by atoms with Gasteiger partial charge in [0.15, 0.2) is 0 Å². The van der Waals surface area contributed by atoms with Crippen LogP contribution >= 0.6 is 12.6 Å². The first-order valence-electron chi connectivity index (χ1n) is 2.64. The average Bonchev–Trinajstić information content (AvgIpc) is 1.61. The molecule has 0 aromatic carbocycles. The predicted molar refractivity (Wildman–Crippen MR) is 36.3 cm³/mol. The summed E-state index contributed by atoms with van der Waals surface area (Å²) in [7, 11) is 0. The summed E-state index contributed by atoms with van der Waals surface area (Å²) >= 11 is 4.76. The summed E-state index contributed by atoms with van der Waals surface area (Å²) in [5.41, 5.74) is 0. The molecule has 42 valence electrons. The SMILES string of the molecule is C[C](C)CCC[S]. The van der Waals surface area contributed by atoms with Crippen LogP contribution in [0.15, 0.2) is 0 Å². The molecule has 0 bridgehead atoms. The molecule has 0 unspecified atom stereocenters. The summed E-state index contributed by atoms with van der Waals surface area (Å²) in [6, 6.07) is 0. The molecule has 0 aliphatic heterocycles. The monoisotopic (exact) mass is 116 g/mol. The zero-order chi connectivity index (χ0) is 5.70. The lowest BCUT2D eigenvalue weighted by molar-refractivity contribution is 0.815. The van der Waals surface area contributed by atoms with Gasteiger partial charge in [0, 0.05) is 5.75 Å². The first-order chi connectivity index (χ1) is 3.27. The average molecular weight is 116 g/mol. The van der Waals surface area contributed by atoms with Gasteiger partial charge in [-0.05, 0) is 18.8 Å². The van der Waals surface area contributed by atoms with Crippen molar-refractivity contribution in [3.63, 3.8) is 0 Å². The second-order valence-electron chi connectivity index (χ2n) is 2.01. The number of rotatable bonds is 3. The zero-order valence-electron chi connectivity index (χ0n) is 5.03. The maximum Gasteiger partial charge on any atom is 0.00371 e. The molecule has 0 aromatic heterocycles. The molecule has 2 radical (unpaired) electrons. The van der Waals surface area contributed by atoms with Crippen LogP contribution in [0.25, 0.3) is 0 Å². The van der Waals surface area contributed by atoms with E-state index in [1.54, 1.807) is 0 Å². The standard InChI is InChI=1S/C6H12S/c1-6(2)4-3-5-7/h3-5H2,1-2H3. The maximum atomic E-state index is 4.76. The van der Waals surface area contributed by atoms with Crippen molar-refractivity contribution in [3.8, 4) is 0 Å². The minimum Gasteiger partial charge on any atom is -0.0942 e. The lowest BCUT2D eigenvalue weighted by Gasteiger charge is -1.97. The first kappa shape index (κ1) is 7.35. The third-order valence-electron chi connectivity index (χ3n) is 0.821. The summed E-state index contributed by atoms with van der Waals surface area (Å²) in [4.78, 5) is 0. The fraction of sp³-hybridized carbons (Fsp3) is 0.833. The summed E-state index contributed by atoms with van der Waals surface area (Å²) in [5.74, 6) is 2.40. The van der Waals surface area contributed by atoms with Crippen LogP contribution < -0.4 is 0 Å². The van der Waals surface area contributed by atoms with Gasteiger partial charge < -0.3 is 0 Å². The molecule has 0 spiro atoms. The summed E-state index contributed by atoms with van der Waals surface area (Å²) in [5, 5.41) is 0. The van der Waals surface area contributed by atoms with Crippen molar-refractivity contribution in [2.45, 2.75) is 26.7 Å². The molecule has 0 aliphatic rings. The third kappa shape index (κ3) is 6.35. The van der Waals surface area contributed by atoms with Gasteiger partial charge in [-0.2, -0.15) is 0 Å². The van der Waals surface area contributed by atoms with Gasteiger partial charge in [-0.3, -0.25) is 0 Å². The summed E-state index contributed by atoms with van der Waals surface area (Å²) in [6.45, 7) is 4.29. The van der Waals surface area contributed by atoms with Crippen LogP contribution in [0.2, 0.25) is 0 Å². The van der Waals surface area contributed by atoms with Crippen molar-refractivity contribution >= 4 is 12.6 Å². The van der Waals surface area contributed by atoms with E-state index in [-0.39, 0.29) is 0 Å². The minimum atomic E-state index is 0.908. The Hall–Kier alpha value is 0.350. The highest BCUT2D eigenvalue weighted by molar-refractivity contribution is 7.80. The molecule has 0 fully saturated rings. The van der Waals surface area contributed by atoms with Crippen molar-refractivity contribution in [3.05, 3.63) is 5.92 Å². The second-order valence-corrected chi connectivity index (χ2v) is 2.42. The van der Waals surface area contributed by atoms with E-state index < -0.39 is 0 Å². The predicted octanol–water partition coefficient (Wildman–Crippen LogP) is 2.58. The van der Waals surface area contributed by atoms with E-state index in [4.69, 9.17) is 12.6 Å². The van der Waals surface area contributed by atoms with Gasteiger partial charge >= 0.3 is 0 Å². The topological polar surface area (TPSA) is 0 Å². The molecule has 0 heterocycles. The molecule has 0 saturated carbocycles. The minimum absolute atomic E-state index is 0.908. The Morgan fingerprint density at radius 1 is 1.43 bits per heavy atom. The Balaban J connectivity index is 2.68. The summed E-state index contributed by atoms with van der Waals surface area (Å²) < 4.78 is 0. The number of hydrogen-bond acceptors (Lipinski definition) is 0. The Morgan fingerprint density at radius 2 is 2.00 bits per heavy atom. The van der Waals surface area contributed by atoms with Crippen molar-refractivity contribution < 1.29 is 0 Å². The van der Waals surface area contributed by atoms with E-state index in [2.05, 4.69) is 13.8 Å². The van der Waals surface area contributed by atoms with Crippen LogP contribution in [-0.4, -0.2) is 5.75 Å². The van der Waals surface area contributed by atoms with Crippen molar-refractivity contribution in [1.29, 1.82) is 0 Å². The molecule has 0 atom stereocenters. The van der Waals surface area contributed by atoms with E-state index in [0.29, 0.717) is 0 Å². The molecule has 1 heteroatoms. The van der Waals surface area contributed by atoms with Crippen molar-refractivity contribution in [2.75, 3.05) is 5.75 Å². The molecule has 0 rings (SSSR count). The highest BCUT2D eigenvalue weighted by atomic mass is 32.1. The Bertz CT molecular complexity index is 33.2. The molecular formula is C6H12S. The van der Waals surface area contributed by atoms with Crippen molar-refractivity contribution in [1.82, 2.24) is 0 Å². The van der Waals surface area contributed by atoms with Gasteiger partial charge in [-0.1, -0.05) is 26.5 Å². The van der Waals surface area contributed by atoms with Crippen LogP contribution in [0.5, 0.6) is 0 Å². The van der Waals surface area contributed by atoms with E-state index in [9.17, 15) is 0 Å². The number of hydrogen-bond donors (Lipinski definition) is 0. The van der Waals surface area contributed by atoms with E-state index >= 15 is 0 Å². The van der Waals surface area contributed by atoms with Crippen LogP contribution in [0.3, 0.4) is 0 Å². The smallest absolute Gasteiger partial charge is 0.00371 e. The van der Waals surface area contributed by atoms with Gasteiger partial charge in [0.2, 0.25) is 0 Å². The largest absolute Gasteiger partial charge is 0.0942 e. The van der Waals surface area contributed by atoms with E-state index in [1.807, 2.05) is 0 Å². The van der Waals surface area contributed by atoms with E-state index in [1.165, 1.54) is 18.8 Å². The van der Waals surface area contributed by atoms with Crippen LogP contribution in [0.1, 0.15) is 26.7 Å². The molecule has 0 saturated heterocycles. The van der Waals surface area contributed by atoms with Gasteiger partial charge in [0.1, 0.15) is 0 Å². The second kappa shape index (κ2) is 4.51. The fourth-order valence-corrected chi connectivity index (χ4v) is 0.570. The highest BCUT2D eigenvalue weighted by Gasteiger charge is 1.90.